The van der Waals surface area contributed by atoms with Gasteiger partial charge >= 0.3 is 5.97 Å². The first-order chi connectivity index (χ1) is 8.54. The number of ether oxygens (including phenoxy) is 1. The molecule has 104 valence electrons. The molecule has 0 aromatic heterocycles. The minimum absolute atomic E-state index is 0.00449. The number of carbonyl (C=O) groups excluding carboxylic acids is 1. The first-order valence-electron chi connectivity index (χ1n) is 6.33. The summed E-state index contributed by atoms with van der Waals surface area (Å²) in [6, 6.07) is -0.336. The SMILES string of the molecule is CC(CN)CCC(=O)N1CCOCC1CC(=O)O. The second-order valence-corrected chi connectivity index (χ2v) is 4.79. The van der Waals surface area contributed by atoms with Crippen LogP contribution in [0.1, 0.15) is 26.2 Å². The molecule has 2 unspecified atom stereocenters. The number of carboxylic acid groups (broad SMARTS) is 1. The molecule has 1 aliphatic heterocycles. The molecule has 18 heavy (non-hydrogen) atoms. The summed E-state index contributed by atoms with van der Waals surface area (Å²) in [5.74, 6) is -0.587. The normalized spacial score (nSPS) is 21.7. The molecule has 0 aromatic rings. The van der Waals surface area contributed by atoms with Gasteiger partial charge in [-0.15, -0.1) is 0 Å². The minimum atomic E-state index is -0.904. The molecule has 0 saturated carbocycles. The highest BCUT2D eigenvalue weighted by Gasteiger charge is 2.28. The van der Waals surface area contributed by atoms with Crippen LogP contribution in [0.25, 0.3) is 0 Å². The van der Waals surface area contributed by atoms with Crippen LogP contribution in [-0.4, -0.2) is 54.2 Å². The summed E-state index contributed by atoms with van der Waals surface area (Å²) in [7, 11) is 0. The molecule has 0 radical (unpaired) electrons. The van der Waals surface area contributed by atoms with E-state index in [-0.39, 0.29) is 18.4 Å². The maximum atomic E-state index is 12.0. The van der Waals surface area contributed by atoms with Crippen molar-refractivity contribution in [2.45, 2.75) is 32.2 Å². The van der Waals surface area contributed by atoms with E-state index in [0.717, 1.165) is 6.42 Å². The van der Waals surface area contributed by atoms with Gasteiger partial charge in [0.1, 0.15) is 0 Å². The Hall–Kier alpha value is -1.14. The van der Waals surface area contributed by atoms with E-state index in [2.05, 4.69) is 0 Å². The van der Waals surface area contributed by atoms with E-state index in [4.69, 9.17) is 15.6 Å². The number of hydrogen-bond donors (Lipinski definition) is 2. The molecule has 1 heterocycles. The van der Waals surface area contributed by atoms with E-state index in [9.17, 15) is 9.59 Å². The van der Waals surface area contributed by atoms with Crippen molar-refractivity contribution in [3.63, 3.8) is 0 Å². The minimum Gasteiger partial charge on any atom is -0.481 e. The highest BCUT2D eigenvalue weighted by atomic mass is 16.5. The second-order valence-electron chi connectivity index (χ2n) is 4.79. The predicted octanol–water partition coefficient (Wildman–Crippen LogP) is 0.0635. The summed E-state index contributed by atoms with van der Waals surface area (Å²) >= 11 is 0. The van der Waals surface area contributed by atoms with Crippen LogP contribution in [0.2, 0.25) is 0 Å². The van der Waals surface area contributed by atoms with E-state index in [1.54, 1.807) is 4.90 Å². The van der Waals surface area contributed by atoms with E-state index in [1.165, 1.54) is 0 Å². The van der Waals surface area contributed by atoms with Crippen molar-refractivity contribution in [3.05, 3.63) is 0 Å². The van der Waals surface area contributed by atoms with Crippen LogP contribution in [0.15, 0.2) is 0 Å². The summed E-state index contributed by atoms with van der Waals surface area (Å²) in [6.45, 7) is 3.84. The standard InChI is InChI=1S/C12H22N2O4/c1-9(7-13)2-3-11(15)14-4-5-18-8-10(14)6-12(16)17/h9-10H,2-8,13H2,1H3,(H,16,17). The van der Waals surface area contributed by atoms with Gasteiger partial charge in [-0.1, -0.05) is 6.92 Å². The largest absolute Gasteiger partial charge is 0.481 e. The Bertz CT molecular complexity index is 296. The molecule has 1 aliphatic rings. The van der Waals surface area contributed by atoms with E-state index in [0.29, 0.717) is 38.6 Å². The van der Waals surface area contributed by atoms with Crippen LogP contribution in [0.3, 0.4) is 0 Å². The first-order valence-corrected chi connectivity index (χ1v) is 6.33. The van der Waals surface area contributed by atoms with Crippen LogP contribution in [0.4, 0.5) is 0 Å². The van der Waals surface area contributed by atoms with Gasteiger partial charge in [0.05, 0.1) is 25.7 Å². The Morgan fingerprint density at radius 3 is 2.89 bits per heavy atom. The smallest absolute Gasteiger partial charge is 0.305 e. The molecule has 0 spiro atoms. The zero-order valence-electron chi connectivity index (χ0n) is 10.8. The molecule has 6 nitrogen and oxygen atoms in total. The molecule has 1 rings (SSSR count). The first kappa shape index (κ1) is 14.9. The van der Waals surface area contributed by atoms with Crippen molar-refractivity contribution in [1.29, 1.82) is 0 Å². The number of amides is 1. The third-order valence-corrected chi connectivity index (χ3v) is 3.21. The lowest BCUT2D eigenvalue weighted by Gasteiger charge is -2.35. The Labute approximate surface area is 107 Å². The third-order valence-electron chi connectivity index (χ3n) is 3.21. The maximum absolute atomic E-state index is 12.0. The molecule has 0 aromatic carbocycles. The quantitative estimate of drug-likeness (QED) is 0.703. The zero-order chi connectivity index (χ0) is 13.5. The molecule has 1 saturated heterocycles. The summed E-state index contributed by atoms with van der Waals surface area (Å²) in [5, 5.41) is 8.81. The molecular formula is C12H22N2O4. The van der Waals surface area contributed by atoms with Gasteiger partial charge in [-0.25, -0.2) is 0 Å². The van der Waals surface area contributed by atoms with Gasteiger partial charge in [-0.3, -0.25) is 9.59 Å². The Kier molecular flexibility index (Phi) is 6.07. The summed E-state index contributed by atoms with van der Waals surface area (Å²) < 4.78 is 5.23. The molecule has 6 heteroatoms. The van der Waals surface area contributed by atoms with E-state index < -0.39 is 5.97 Å². The van der Waals surface area contributed by atoms with Crippen LogP contribution in [0.5, 0.6) is 0 Å². The predicted molar refractivity (Wildman–Crippen MR) is 66.0 cm³/mol. The summed E-state index contributed by atoms with van der Waals surface area (Å²) in [6.07, 6.45) is 1.11. The highest BCUT2D eigenvalue weighted by molar-refractivity contribution is 5.77. The lowest BCUT2D eigenvalue weighted by molar-refractivity contribution is -0.146. The molecule has 2 atom stereocenters. The van der Waals surface area contributed by atoms with Gasteiger partial charge in [0, 0.05) is 13.0 Å². The molecule has 1 amide bonds. The average molecular weight is 258 g/mol. The topological polar surface area (TPSA) is 92.9 Å². The number of hydrogen-bond acceptors (Lipinski definition) is 4. The van der Waals surface area contributed by atoms with Gasteiger partial charge in [-0.2, -0.15) is 0 Å². The lowest BCUT2D eigenvalue weighted by Crippen LogP contribution is -2.49. The fourth-order valence-corrected chi connectivity index (χ4v) is 1.99. The van der Waals surface area contributed by atoms with Crippen molar-refractivity contribution >= 4 is 11.9 Å². The van der Waals surface area contributed by atoms with Crippen molar-refractivity contribution in [1.82, 2.24) is 4.90 Å². The maximum Gasteiger partial charge on any atom is 0.305 e. The zero-order valence-corrected chi connectivity index (χ0v) is 10.8. The number of nitrogens with two attached hydrogens (primary N) is 1. The lowest BCUT2D eigenvalue weighted by atomic mass is 10.0. The van der Waals surface area contributed by atoms with Crippen molar-refractivity contribution < 1.29 is 19.4 Å². The van der Waals surface area contributed by atoms with Gasteiger partial charge in [0.2, 0.25) is 5.91 Å². The number of morpholine rings is 1. The van der Waals surface area contributed by atoms with Crippen LogP contribution < -0.4 is 5.73 Å². The number of aliphatic carboxylic acids is 1. The fourth-order valence-electron chi connectivity index (χ4n) is 1.99. The number of rotatable bonds is 6. The molecular weight excluding hydrogens is 236 g/mol. The van der Waals surface area contributed by atoms with Crippen LogP contribution in [-0.2, 0) is 14.3 Å². The monoisotopic (exact) mass is 258 g/mol. The number of nitrogens with zero attached hydrogens (tertiary/aromatic N) is 1. The number of carbonyl (C=O) groups is 2. The number of carboxylic acids is 1. The van der Waals surface area contributed by atoms with Crippen LogP contribution >= 0.6 is 0 Å². The Morgan fingerprint density at radius 1 is 1.56 bits per heavy atom. The van der Waals surface area contributed by atoms with Crippen LogP contribution in [0, 0.1) is 5.92 Å². The third kappa shape index (κ3) is 4.62. The molecule has 0 bridgehead atoms. The molecule has 1 fully saturated rings. The highest BCUT2D eigenvalue weighted by Crippen LogP contribution is 2.14. The summed E-state index contributed by atoms with van der Waals surface area (Å²) in [4.78, 5) is 24.4. The van der Waals surface area contributed by atoms with Crippen molar-refractivity contribution in [2.24, 2.45) is 11.7 Å². The summed E-state index contributed by atoms with van der Waals surface area (Å²) in [5.41, 5.74) is 5.51. The van der Waals surface area contributed by atoms with Gasteiger partial charge in [0.25, 0.3) is 0 Å². The molecule has 0 aliphatic carbocycles. The fraction of sp³-hybridized carbons (Fsp3) is 0.833. The molecule has 3 N–H and O–H groups in total. The Morgan fingerprint density at radius 2 is 2.28 bits per heavy atom. The van der Waals surface area contributed by atoms with Gasteiger partial charge in [0.15, 0.2) is 0 Å². The van der Waals surface area contributed by atoms with Gasteiger partial charge < -0.3 is 20.5 Å². The van der Waals surface area contributed by atoms with Crippen molar-refractivity contribution in [3.8, 4) is 0 Å². The van der Waals surface area contributed by atoms with E-state index >= 15 is 0 Å². The van der Waals surface area contributed by atoms with E-state index in [1.807, 2.05) is 6.92 Å². The average Bonchev–Trinajstić information content (AvgIpc) is 2.35. The Balaban J connectivity index is 2.49. The van der Waals surface area contributed by atoms with Crippen molar-refractivity contribution in [2.75, 3.05) is 26.3 Å². The second kappa shape index (κ2) is 7.33. The van der Waals surface area contributed by atoms with Gasteiger partial charge in [-0.05, 0) is 18.9 Å².